The van der Waals surface area contributed by atoms with Crippen LogP contribution in [0.25, 0.3) is 11.1 Å². The molecule has 0 bridgehead atoms. The number of hydrogen-bond donors (Lipinski definition) is 0. The zero-order valence-corrected chi connectivity index (χ0v) is 17.3. The first-order chi connectivity index (χ1) is 14.7. The van der Waals surface area contributed by atoms with E-state index in [1.165, 1.54) is 12.8 Å². The van der Waals surface area contributed by atoms with Gasteiger partial charge in [-0.25, -0.2) is 9.97 Å². The van der Waals surface area contributed by atoms with Gasteiger partial charge >= 0.3 is 0 Å². The van der Waals surface area contributed by atoms with Gasteiger partial charge in [-0.2, -0.15) is 0 Å². The number of benzene rings is 1. The van der Waals surface area contributed by atoms with Gasteiger partial charge in [0, 0.05) is 54.6 Å². The third-order valence-electron chi connectivity index (χ3n) is 6.24. The Morgan fingerprint density at radius 1 is 1.03 bits per heavy atom. The lowest BCUT2D eigenvalue weighted by molar-refractivity contribution is 0.0705. The number of carbonyl (C=O) groups is 1. The Morgan fingerprint density at radius 3 is 2.60 bits per heavy atom. The minimum Gasteiger partial charge on any atom is -0.338 e. The summed E-state index contributed by atoms with van der Waals surface area (Å²) in [6, 6.07) is 11.9. The molecule has 0 spiro atoms. The molecule has 1 aromatic carbocycles. The molecule has 0 radical (unpaired) electrons. The second kappa shape index (κ2) is 7.98. The molecule has 1 saturated carbocycles. The molecule has 5 rings (SSSR count). The third-order valence-corrected chi connectivity index (χ3v) is 6.24. The van der Waals surface area contributed by atoms with Gasteiger partial charge in [0.25, 0.3) is 5.91 Å². The van der Waals surface area contributed by atoms with Gasteiger partial charge < -0.3 is 4.90 Å². The van der Waals surface area contributed by atoms with Crippen LogP contribution in [0, 0.1) is 6.92 Å². The lowest BCUT2D eigenvalue weighted by Gasteiger charge is -2.33. The van der Waals surface area contributed by atoms with Gasteiger partial charge in [0.1, 0.15) is 5.82 Å². The molecule has 1 atom stereocenters. The highest BCUT2D eigenvalue weighted by Gasteiger charge is 2.32. The maximum atomic E-state index is 13.2. The number of rotatable bonds is 4. The number of hydrogen-bond acceptors (Lipinski definition) is 4. The zero-order valence-electron chi connectivity index (χ0n) is 17.3. The van der Waals surface area contributed by atoms with Crippen LogP contribution in [0.4, 0.5) is 0 Å². The molecule has 30 heavy (non-hydrogen) atoms. The van der Waals surface area contributed by atoms with Crippen LogP contribution >= 0.6 is 0 Å². The van der Waals surface area contributed by atoms with E-state index in [4.69, 9.17) is 4.98 Å². The van der Waals surface area contributed by atoms with Gasteiger partial charge in [-0.05, 0) is 61.9 Å². The van der Waals surface area contributed by atoms with Gasteiger partial charge in [-0.15, -0.1) is 0 Å². The molecule has 1 unspecified atom stereocenters. The Bertz CT molecular complexity index is 1060. The summed E-state index contributed by atoms with van der Waals surface area (Å²) in [7, 11) is 0. The largest absolute Gasteiger partial charge is 0.338 e. The predicted octanol–water partition coefficient (Wildman–Crippen LogP) is 4.74. The van der Waals surface area contributed by atoms with Crippen LogP contribution in [0.1, 0.15) is 65.0 Å². The fourth-order valence-corrected chi connectivity index (χ4v) is 4.38. The van der Waals surface area contributed by atoms with Crippen molar-refractivity contribution in [1.29, 1.82) is 0 Å². The number of aromatic nitrogens is 3. The second-order valence-corrected chi connectivity index (χ2v) is 8.44. The monoisotopic (exact) mass is 398 g/mol. The third kappa shape index (κ3) is 3.72. The Morgan fingerprint density at radius 2 is 1.83 bits per heavy atom. The zero-order chi connectivity index (χ0) is 20.5. The van der Waals surface area contributed by atoms with E-state index in [0.717, 1.165) is 53.2 Å². The lowest BCUT2D eigenvalue weighted by atomic mass is 9.89. The molecule has 1 saturated heterocycles. The normalized spacial score (nSPS) is 19.0. The molecule has 0 N–H and O–H groups in total. The first-order valence-electron chi connectivity index (χ1n) is 10.8. The molecule has 2 aromatic heterocycles. The summed E-state index contributed by atoms with van der Waals surface area (Å²) in [5.74, 6) is 1.81. The summed E-state index contributed by atoms with van der Waals surface area (Å²) < 4.78 is 0. The van der Waals surface area contributed by atoms with Crippen molar-refractivity contribution in [2.24, 2.45) is 0 Å². The molecule has 3 heterocycles. The van der Waals surface area contributed by atoms with Crippen LogP contribution < -0.4 is 0 Å². The summed E-state index contributed by atoms with van der Waals surface area (Å²) in [5.41, 5.74) is 5.07. The van der Waals surface area contributed by atoms with Crippen LogP contribution in [-0.4, -0.2) is 38.8 Å². The van der Waals surface area contributed by atoms with Crippen molar-refractivity contribution >= 4 is 5.91 Å². The van der Waals surface area contributed by atoms with Crippen LogP contribution in [0.5, 0.6) is 0 Å². The highest BCUT2D eigenvalue weighted by atomic mass is 16.2. The van der Waals surface area contributed by atoms with E-state index in [9.17, 15) is 4.79 Å². The van der Waals surface area contributed by atoms with E-state index in [2.05, 4.69) is 9.97 Å². The summed E-state index contributed by atoms with van der Waals surface area (Å²) >= 11 is 0. The number of pyridine rings is 1. The number of amides is 1. The smallest absolute Gasteiger partial charge is 0.254 e. The standard InChI is InChI=1S/C25H26N4O/c1-17-5-2-3-7-21(17)25(30)29-14-4-6-20(16-29)23-22(18-10-12-26-13-11-18)15-27-24(28-23)19-8-9-19/h2-3,5,7,10-13,15,19-20H,4,6,8-9,14,16H2,1H3. The Balaban J connectivity index is 1.48. The molecule has 1 amide bonds. The van der Waals surface area contributed by atoms with Crippen LogP contribution in [-0.2, 0) is 0 Å². The molecule has 1 aliphatic heterocycles. The summed E-state index contributed by atoms with van der Waals surface area (Å²) in [6.07, 6.45) is 9.98. The van der Waals surface area contributed by atoms with Crippen molar-refractivity contribution in [3.63, 3.8) is 0 Å². The van der Waals surface area contributed by atoms with E-state index in [-0.39, 0.29) is 11.8 Å². The number of nitrogens with zero attached hydrogens (tertiary/aromatic N) is 4. The molecule has 2 fully saturated rings. The first kappa shape index (κ1) is 18.9. The molecule has 3 aromatic rings. The van der Waals surface area contributed by atoms with Gasteiger partial charge in [-0.1, -0.05) is 18.2 Å². The minimum absolute atomic E-state index is 0.125. The summed E-state index contributed by atoms with van der Waals surface area (Å²) in [5, 5.41) is 0. The molecule has 1 aliphatic carbocycles. The van der Waals surface area contributed by atoms with Crippen LogP contribution in [0.3, 0.4) is 0 Å². The SMILES string of the molecule is Cc1ccccc1C(=O)N1CCCC(c2nc(C3CC3)ncc2-c2ccncc2)C1. The van der Waals surface area contributed by atoms with E-state index in [1.807, 2.05) is 66.8 Å². The number of aryl methyl sites for hydroxylation is 1. The average Bonchev–Trinajstić information content (AvgIpc) is 3.65. The molecular weight excluding hydrogens is 372 g/mol. The minimum atomic E-state index is 0.125. The molecule has 5 heteroatoms. The maximum absolute atomic E-state index is 13.2. The van der Waals surface area contributed by atoms with E-state index >= 15 is 0 Å². The van der Waals surface area contributed by atoms with Gasteiger partial charge in [-0.3, -0.25) is 9.78 Å². The number of piperidine rings is 1. The lowest BCUT2D eigenvalue weighted by Crippen LogP contribution is -2.39. The van der Waals surface area contributed by atoms with Crippen molar-refractivity contribution in [2.45, 2.75) is 44.4 Å². The molecule has 152 valence electrons. The molecule has 2 aliphatic rings. The fraction of sp³-hybridized carbons (Fsp3) is 0.360. The Hall–Kier alpha value is -3.08. The molecular formula is C25H26N4O. The van der Waals surface area contributed by atoms with Gasteiger partial charge in [0.2, 0.25) is 0 Å². The van der Waals surface area contributed by atoms with E-state index < -0.39 is 0 Å². The Labute approximate surface area is 177 Å². The second-order valence-electron chi connectivity index (χ2n) is 8.44. The van der Waals surface area contributed by atoms with Crippen molar-refractivity contribution in [1.82, 2.24) is 19.9 Å². The maximum Gasteiger partial charge on any atom is 0.254 e. The predicted molar refractivity (Wildman–Crippen MR) is 116 cm³/mol. The van der Waals surface area contributed by atoms with Crippen LogP contribution in [0.15, 0.2) is 55.0 Å². The number of likely N-dealkylation sites (tertiary alicyclic amines) is 1. The van der Waals surface area contributed by atoms with Gasteiger partial charge in [0.15, 0.2) is 0 Å². The first-order valence-corrected chi connectivity index (χ1v) is 10.8. The van der Waals surface area contributed by atoms with Crippen LogP contribution in [0.2, 0.25) is 0 Å². The quantitative estimate of drug-likeness (QED) is 0.637. The average molecular weight is 399 g/mol. The Kier molecular flexibility index (Phi) is 5.03. The highest BCUT2D eigenvalue weighted by molar-refractivity contribution is 5.95. The summed E-state index contributed by atoms with van der Waals surface area (Å²) in [6.45, 7) is 3.50. The van der Waals surface area contributed by atoms with Crippen molar-refractivity contribution in [3.05, 3.63) is 77.6 Å². The van der Waals surface area contributed by atoms with Crippen molar-refractivity contribution < 1.29 is 4.79 Å². The topological polar surface area (TPSA) is 59.0 Å². The fourth-order valence-electron chi connectivity index (χ4n) is 4.38. The molecule has 5 nitrogen and oxygen atoms in total. The van der Waals surface area contributed by atoms with E-state index in [1.54, 1.807) is 0 Å². The van der Waals surface area contributed by atoms with E-state index in [0.29, 0.717) is 12.5 Å². The highest BCUT2D eigenvalue weighted by Crippen LogP contribution is 2.40. The van der Waals surface area contributed by atoms with Gasteiger partial charge in [0.05, 0.1) is 5.69 Å². The number of carbonyl (C=O) groups excluding carboxylic acids is 1. The van der Waals surface area contributed by atoms with Crippen molar-refractivity contribution in [3.8, 4) is 11.1 Å². The van der Waals surface area contributed by atoms with Crippen molar-refractivity contribution in [2.75, 3.05) is 13.1 Å². The summed E-state index contributed by atoms with van der Waals surface area (Å²) in [4.78, 5) is 29.1.